The van der Waals surface area contributed by atoms with Gasteiger partial charge in [-0.2, -0.15) is 5.10 Å². The number of benzene rings is 1. The fraction of sp³-hybridized carbons (Fsp3) is 0.350. The highest BCUT2D eigenvalue weighted by molar-refractivity contribution is 5.80. The zero-order chi connectivity index (χ0) is 20.9. The van der Waals surface area contributed by atoms with Gasteiger partial charge >= 0.3 is 0 Å². The topological polar surface area (TPSA) is 94.4 Å². The number of anilines is 1. The Morgan fingerprint density at radius 1 is 1.37 bits per heavy atom. The maximum Gasteiger partial charge on any atom is 0.216 e. The van der Waals surface area contributed by atoms with Crippen molar-refractivity contribution in [2.45, 2.75) is 18.9 Å². The number of nitrogens with one attached hydrogen (secondary N) is 3. The summed E-state index contributed by atoms with van der Waals surface area (Å²) < 4.78 is 32.4. The van der Waals surface area contributed by atoms with Gasteiger partial charge in [0, 0.05) is 45.2 Å². The Balaban J connectivity index is 1.25. The lowest BCUT2D eigenvalue weighted by atomic mass is 10.2. The van der Waals surface area contributed by atoms with E-state index in [-0.39, 0.29) is 6.04 Å². The molecule has 1 aliphatic heterocycles. The number of furan rings is 1. The molecule has 4 rings (SSSR count). The van der Waals surface area contributed by atoms with Gasteiger partial charge in [0.25, 0.3) is 0 Å². The summed E-state index contributed by atoms with van der Waals surface area (Å²) in [4.78, 5) is 10.6. The second kappa shape index (κ2) is 8.93. The number of guanidine groups is 1. The average Bonchev–Trinajstić information content (AvgIpc) is 3.49. The lowest BCUT2D eigenvalue weighted by Gasteiger charge is -2.20. The molecule has 0 saturated carbocycles. The number of H-pyrrole nitrogens is 1. The molecule has 2 aromatic heterocycles. The summed E-state index contributed by atoms with van der Waals surface area (Å²) in [5, 5.41) is 13.6. The van der Waals surface area contributed by atoms with Crippen molar-refractivity contribution in [3.63, 3.8) is 0 Å². The van der Waals surface area contributed by atoms with Crippen LogP contribution in [0.25, 0.3) is 11.6 Å². The number of aromatic nitrogens is 3. The molecule has 0 bridgehead atoms. The predicted molar refractivity (Wildman–Crippen MR) is 109 cm³/mol. The van der Waals surface area contributed by atoms with Crippen molar-refractivity contribution < 1.29 is 13.2 Å². The Morgan fingerprint density at radius 3 is 3.03 bits per heavy atom. The SMILES string of the molecule is CN=C(NCCc1nc(-c2ccco2)n[nH]1)NC1CCN(c2ccc(F)cc2F)C1. The number of aliphatic imine (C=N–C) groups is 1. The Bertz CT molecular complexity index is 1000. The summed E-state index contributed by atoms with van der Waals surface area (Å²) in [5.74, 6) is 1.43. The number of hydrogen-bond acceptors (Lipinski definition) is 5. The van der Waals surface area contributed by atoms with Crippen LogP contribution >= 0.6 is 0 Å². The van der Waals surface area contributed by atoms with Gasteiger partial charge < -0.3 is 20.0 Å². The van der Waals surface area contributed by atoms with Crippen molar-refractivity contribution in [1.82, 2.24) is 25.8 Å². The fourth-order valence-corrected chi connectivity index (χ4v) is 3.45. The Hall–Kier alpha value is -3.43. The maximum absolute atomic E-state index is 14.0. The summed E-state index contributed by atoms with van der Waals surface area (Å²) in [6.45, 7) is 1.90. The first-order chi connectivity index (χ1) is 14.6. The summed E-state index contributed by atoms with van der Waals surface area (Å²) >= 11 is 0. The van der Waals surface area contributed by atoms with E-state index in [0.29, 0.717) is 49.3 Å². The lowest BCUT2D eigenvalue weighted by molar-refractivity contribution is 0.577. The minimum absolute atomic E-state index is 0.108. The van der Waals surface area contributed by atoms with Gasteiger partial charge in [-0.25, -0.2) is 13.8 Å². The molecular weight excluding hydrogens is 392 g/mol. The van der Waals surface area contributed by atoms with E-state index in [4.69, 9.17) is 4.42 Å². The summed E-state index contributed by atoms with van der Waals surface area (Å²) in [7, 11) is 1.70. The molecule has 0 amide bonds. The Kier molecular flexibility index (Phi) is 5.92. The number of hydrogen-bond donors (Lipinski definition) is 3. The minimum Gasteiger partial charge on any atom is -0.461 e. The first-order valence-electron chi connectivity index (χ1n) is 9.74. The maximum atomic E-state index is 14.0. The van der Waals surface area contributed by atoms with E-state index in [1.807, 2.05) is 4.90 Å². The minimum atomic E-state index is -0.572. The van der Waals surface area contributed by atoms with Gasteiger partial charge in [-0.05, 0) is 30.7 Å². The van der Waals surface area contributed by atoms with E-state index in [1.54, 1.807) is 25.4 Å². The average molecular weight is 415 g/mol. The molecule has 3 aromatic rings. The van der Waals surface area contributed by atoms with Crippen molar-refractivity contribution in [3.8, 4) is 11.6 Å². The molecule has 1 atom stereocenters. The number of aromatic amines is 1. The molecule has 10 heteroatoms. The zero-order valence-corrected chi connectivity index (χ0v) is 16.5. The highest BCUT2D eigenvalue weighted by Gasteiger charge is 2.25. The van der Waals surface area contributed by atoms with Crippen LogP contribution < -0.4 is 15.5 Å². The van der Waals surface area contributed by atoms with Gasteiger partial charge in [-0.15, -0.1) is 0 Å². The van der Waals surface area contributed by atoms with E-state index >= 15 is 0 Å². The Morgan fingerprint density at radius 2 is 2.27 bits per heavy atom. The van der Waals surface area contributed by atoms with E-state index < -0.39 is 11.6 Å². The molecule has 30 heavy (non-hydrogen) atoms. The molecule has 1 aliphatic rings. The van der Waals surface area contributed by atoms with Crippen LogP contribution in [0.3, 0.4) is 0 Å². The second-order valence-corrected chi connectivity index (χ2v) is 7.00. The standard InChI is InChI=1S/C20H23F2N7O/c1-23-20(24-8-6-18-26-19(28-27-18)17-3-2-10-30-17)25-14-7-9-29(12-14)16-5-4-13(21)11-15(16)22/h2-5,10-11,14H,6-9,12H2,1H3,(H2,23,24,25)(H,26,27,28). The number of rotatable bonds is 6. The van der Waals surface area contributed by atoms with E-state index in [0.717, 1.165) is 18.3 Å². The third kappa shape index (κ3) is 4.58. The molecule has 3 heterocycles. The van der Waals surface area contributed by atoms with Crippen LogP contribution in [0.5, 0.6) is 0 Å². The summed E-state index contributed by atoms with van der Waals surface area (Å²) in [6, 6.07) is 7.37. The largest absolute Gasteiger partial charge is 0.461 e. The van der Waals surface area contributed by atoms with Crippen LogP contribution in [0.2, 0.25) is 0 Å². The van der Waals surface area contributed by atoms with Gasteiger partial charge in [0.2, 0.25) is 5.82 Å². The number of halogens is 2. The predicted octanol–water partition coefficient (Wildman–Crippen LogP) is 2.33. The first kappa shape index (κ1) is 19.9. The van der Waals surface area contributed by atoms with Gasteiger partial charge in [0.15, 0.2) is 11.7 Å². The monoisotopic (exact) mass is 415 g/mol. The molecule has 1 unspecified atom stereocenters. The van der Waals surface area contributed by atoms with Crippen molar-refractivity contribution in [2.75, 3.05) is 31.6 Å². The molecular formula is C20H23F2N7O. The van der Waals surface area contributed by atoms with Gasteiger partial charge in [-0.1, -0.05) is 0 Å². The van der Waals surface area contributed by atoms with Crippen LogP contribution in [-0.4, -0.2) is 53.9 Å². The molecule has 0 spiro atoms. The third-order valence-corrected chi connectivity index (χ3v) is 4.93. The molecule has 0 radical (unpaired) electrons. The summed E-state index contributed by atoms with van der Waals surface area (Å²) in [5.41, 5.74) is 0.418. The first-order valence-corrected chi connectivity index (χ1v) is 9.74. The zero-order valence-electron chi connectivity index (χ0n) is 16.5. The number of nitrogens with zero attached hydrogens (tertiary/aromatic N) is 4. The van der Waals surface area contributed by atoms with Crippen LogP contribution in [0.15, 0.2) is 46.0 Å². The Labute approximate surface area is 172 Å². The van der Waals surface area contributed by atoms with Gasteiger partial charge in [-0.3, -0.25) is 10.1 Å². The molecule has 3 N–H and O–H groups in total. The molecule has 158 valence electrons. The van der Waals surface area contributed by atoms with Crippen LogP contribution in [-0.2, 0) is 6.42 Å². The second-order valence-electron chi connectivity index (χ2n) is 7.00. The normalized spacial score (nSPS) is 16.8. The molecule has 1 aromatic carbocycles. The van der Waals surface area contributed by atoms with Crippen molar-refractivity contribution >= 4 is 11.6 Å². The highest BCUT2D eigenvalue weighted by atomic mass is 19.1. The van der Waals surface area contributed by atoms with Crippen molar-refractivity contribution in [2.24, 2.45) is 4.99 Å². The molecule has 1 fully saturated rings. The van der Waals surface area contributed by atoms with Crippen LogP contribution in [0, 0.1) is 11.6 Å². The smallest absolute Gasteiger partial charge is 0.216 e. The van der Waals surface area contributed by atoms with Crippen molar-refractivity contribution in [3.05, 3.63) is 54.1 Å². The lowest BCUT2D eigenvalue weighted by Crippen LogP contribution is -2.45. The van der Waals surface area contributed by atoms with Crippen LogP contribution in [0.1, 0.15) is 12.2 Å². The fourth-order valence-electron chi connectivity index (χ4n) is 3.45. The van der Waals surface area contributed by atoms with E-state index in [2.05, 4.69) is 30.8 Å². The third-order valence-electron chi connectivity index (χ3n) is 4.93. The van der Waals surface area contributed by atoms with E-state index in [1.165, 1.54) is 12.1 Å². The highest BCUT2D eigenvalue weighted by Crippen LogP contribution is 2.24. The van der Waals surface area contributed by atoms with Crippen molar-refractivity contribution in [1.29, 1.82) is 0 Å². The molecule has 8 nitrogen and oxygen atoms in total. The summed E-state index contributed by atoms with van der Waals surface area (Å²) in [6.07, 6.45) is 3.04. The van der Waals surface area contributed by atoms with E-state index in [9.17, 15) is 8.78 Å². The molecule has 0 aliphatic carbocycles. The van der Waals surface area contributed by atoms with Gasteiger partial charge in [0.1, 0.15) is 17.5 Å². The van der Waals surface area contributed by atoms with Gasteiger partial charge in [0.05, 0.1) is 12.0 Å². The molecule has 1 saturated heterocycles. The quantitative estimate of drug-likeness (QED) is 0.423. The van der Waals surface area contributed by atoms with Crippen LogP contribution in [0.4, 0.5) is 14.5 Å².